The van der Waals surface area contributed by atoms with Gasteiger partial charge in [0.25, 0.3) is 0 Å². The second-order valence-electron chi connectivity index (χ2n) is 4.46. The standard InChI is InChI=1S/C16H20N2O2/c1-3-8-19-15-6-4-5-7-16(15)20-14-9-13(10-17-2)11-18-12-14/h4-7,9,11-12,17H,3,8,10H2,1-2H3. The van der Waals surface area contributed by atoms with Crippen LogP contribution in [-0.2, 0) is 6.54 Å². The Bertz CT molecular complexity index is 544. The van der Waals surface area contributed by atoms with E-state index >= 15 is 0 Å². The smallest absolute Gasteiger partial charge is 0.169 e. The highest BCUT2D eigenvalue weighted by molar-refractivity contribution is 5.42. The minimum absolute atomic E-state index is 0.679. The van der Waals surface area contributed by atoms with Gasteiger partial charge in [0.15, 0.2) is 11.5 Å². The first kappa shape index (κ1) is 14.3. The summed E-state index contributed by atoms with van der Waals surface area (Å²) in [6.07, 6.45) is 4.49. The molecule has 1 aromatic heterocycles. The normalized spacial score (nSPS) is 10.3. The van der Waals surface area contributed by atoms with E-state index in [1.807, 2.05) is 43.6 Å². The van der Waals surface area contributed by atoms with Crippen molar-refractivity contribution in [1.82, 2.24) is 10.3 Å². The number of nitrogens with one attached hydrogen (secondary N) is 1. The van der Waals surface area contributed by atoms with Crippen LogP contribution in [0.25, 0.3) is 0 Å². The summed E-state index contributed by atoms with van der Waals surface area (Å²) in [5.41, 5.74) is 1.08. The maximum absolute atomic E-state index is 5.88. The van der Waals surface area contributed by atoms with E-state index in [1.54, 1.807) is 6.20 Å². The Morgan fingerprint density at radius 2 is 1.95 bits per heavy atom. The van der Waals surface area contributed by atoms with Gasteiger partial charge in [-0.15, -0.1) is 0 Å². The lowest BCUT2D eigenvalue weighted by molar-refractivity contribution is 0.302. The highest BCUT2D eigenvalue weighted by atomic mass is 16.5. The predicted octanol–water partition coefficient (Wildman–Crippen LogP) is 3.38. The van der Waals surface area contributed by atoms with Crippen molar-refractivity contribution in [3.8, 4) is 17.2 Å². The number of para-hydroxylation sites is 2. The van der Waals surface area contributed by atoms with Gasteiger partial charge in [0.1, 0.15) is 5.75 Å². The monoisotopic (exact) mass is 272 g/mol. The van der Waals surface area contributed by atoms with Crippen LogP contribution in [0.4, 0.5) is 0 Å². The van der Waals surface area contributed by atoms with Gasteiger partial charge >= 0.3 is 0 Å². The first-order chi connectivity index (χ1) is 9.83. The van der Waals surface area contributed by atoms with Crippen molar-refractivity contribution in [1.29, 1.82) is 0 Å². The van der Waals surface area contributed by atoms with Crippen molar-refractivity contribution >= 4 is 0 Å². The quantitative estimate of drug-likeness (QED) is 0.839. The molecule has 2 rings (SSSR count). The highest BCUT2D eigenvalue weighted by Crippen LogP contribution is 2.31. The van der Waals surface area contributed by atoms with Crippen molar-refractivity contribution in [2.75, 3.05) is 13.7 Å². The van der Waals surface area contributed by atoms with Gasteiger partial charge in [-0.25, -0.2) is 0 Å². The summed E-state index contributed by atoms with van der Waals surface area (Å²) in [4.78, 5) is 4.19. The average Bonchev–Trinajstić information content (AvgIpc) is 2.47. The second-order valence-corrected chi connectivity index (χ2v) is 4.46. The number of pyridine rings is 1. The van der Waals surface area contributed by atoms with Crippen LogP contribution in [0.15, 0.2) is 42.7 Å². The summed E-state index contributed by atoms with van der Waals surface area (Å²) in [5, 5.41) is 3.09. The number of ether oxygens (including phenoxy) is 2. The summed E-state index contributed by atoms with van der Waals surface area (Å²) >= 11 is 0. The largest absolute Gasteiger partial charge is 0.490 e. The van der Waals surface area contributed by atoms with E-state index in [0.717, 1.165) is 24.3 Å². The maximum atomic E-state index is 5.88. The van der Waals surface area contributed by atoms with Crippen LogP contribution in [0, 0.1) is 0 Å². The Morgan fingerprint density at radius 1 is 1.15 bits per heavy atom. The molecule has 106 valence electrons. The van der Waals surface area contributed by atoms with Crippen LogP contribution in [0.5, 0.6) is 17.2 Å². The number of hydrogen-bond acceptors (Lipinski definition) is 4. The summed E-state index contributed by atoms with van der Waals surface area (Å²) in [5.74, 6) is 2.18. The molecule has 0 bridgehead atoms. The minimum Gasteiger partial charge on any atom is -0.490 e. The van der Waals surface area contributed by atoms with E-state index in [0.29, 0.717) is 18.1 Å². The van der Waals surface area contributed by atoms with Gasteiger partial charge in [-0.3, -0.25) is 4.98 Å². The lowest BCUT2D eigenvalue weighted by Crippen LogP contribution is -2.05. The lowest BCUT2D eigenvalue weighted by Gasteiger charge is -2.12. The summed E-state index contributed by atoms with van der Waals surface area (Å²) in [6, 6.07) is 9.65. The van der Waals surface area contributed by atoms with E-state index in [4.69, 9.17) is 9.47 Å². The molecule has 1 heterocycles. The fourth-order valence-corrected chi connectivity index (χ4v) is 1.81. The Labute approximate surface area is 119 Å². The molecule has 0 saturated carbocycles. The molecule has 1 aromatic carbocycles. The van der Waals surface area contributed by atoms with Crippen LogP contribution in [0.1, 0.15) is 18.9 Å². The topological polar surface area (TPSA) is 43.4 Å². The van der Waals surface area contributed by atoms with E-state index < -0.39 is 0 Å². The first-order valence-corrected chi connectivity index (χ1v) is 6.81. The predicted molar refractivity (Wildman–Crippen MR) is 79.3 cm³/mol. The molecule has 0 spiro atoms. The van der Waals surface area contributed by atoms with Gasteiger partial charge in [-0.1, -0.05) is 19.1 Å². The van der Waals surface area contributed by atoms with E-state index in [2.05, 4.69) is 17.2 Å². The molecule has 0 atom stereocenters. The van der Waals surface area contributed by atoms with Gasteiger partial charge in [-0.05, 0) is 37.2 Å². The minimum atomic E-state index is 0.679. The zero-order chi connectivity index (χ0) is 14.2. The van der Waals surface area contributed by atoms with E-state index in [9.17, 15) is 0 Å². The third-order valence-corrected chi connectivity index (χ3v) is 2.69. The molecule has 2 aromatic rings. The van der Waals surface area contributed by atoms with Crippen molar-refractivity contribution in [3.05, 3.63) is 48.3 Å². The van der Waals surface area contributed by atoms with Crippen molar-refractivity contribution in [3.63, 3.8) is 0 Å². The van der Waals surface area contributed by atoms with Crippen LogP contribution in [0.3, 0.4) is 0 Å². The Hall–Kier alpha value is -2.07. The molecule has 0 unspecified atom stereocenters. The molecule has 0 amide bonds. The Balaban J connectivity index is 2.14. The third kappa shape index (κ3) is 3.96. The maximum Gasteiger partial charge on any atom is 0.169 e. The van der Waals surface area contributed by atoms with E-state index in [1.165, 1.54) is 0 Å². The van der Waals surface area contributed by atoms with Gasteiger partial charge in [0.2, 0.25) is 0 Å². The molecule has 0 aliphatic rings. The van der Waals surface area contributed by atoms with Crippen LogP contribution < -0.4 is 14.8 Å². The molecule has 1 N–H and O–H groups in total. The molecular weight excluding hydrogens is 252 g/mol. The van der Waals surface area contributed by atoms with Crippen LogP contribution in [0.2, 0.25) is 0 Å². The summed E-state index contributed by atoms with van der Waals surface area (Å²) in [6.45, 7) is 3.52. The molecule has 0 saturated heterocycles. The molecule has 4 nitrogen and oxygen atoms in total. The van der Waals surface area contributed by atoms with Gasteiger partial charge in [0, 0.05) is 12.7 Å². The first-order valence-electron chi connectivity index (χ1n) is 6.81. The fourth-order valence-electron chi connectivity index (χ4n) is 1.81. The molecule has 0 aliphatic carbocycles. The van der Waals surface area contributed by atoms with Crippen molar-refractivity contribution in [2.45, 2.75) is 19.9 Å². The van der Waals surface area contributed by atoms with Gasteiger partial charge < -0.3 is 14.8 Å². The van der Waals surface area contributed by atoms with Crippen LogP contribution in [-0.4, -0.2) is 18.6 Å². The number of aromatic nitrogens is 1. The number of hydrogen-bond donors (Lipinski definition) is 1. The Kier molecular flexibility index (Phi) is 5.38. The fraction of sp³-hybridized carbons (Fsp3) is 0.312. The zero-order valence-corrected chi connectivity index (χ0v) is 11.9. The van der Waals surface area contributed by atoms with Gasteiger partial charge in [0.05, 0.1) is 12.8 Å². The Morgan fingerprint density at radius 3 is 2.70 bits per heavy atom. The van der Waals surface area contributed by atoms with Gasteiger partial charge in [-0.2, -0.15) is 0 Å². The molecule has 4 heteroatoms. The summed E-state index contributed by atoms with van der Waals surface area (Å²) in [7, 11) is 1.90. The molecule has 0 fully saturated rings. The van der Waals surface area contributed by atoms with E-state index in [-0.39, 0.29) is 0 Å². The highest BCUT2D eigenvalue weighted by Gasteiger charge is 2.06. The van der Waals surface area contributed by atoms with Crippen molar-refractivity contribution < 1.29 is 9.47 Å². The second kappa shape index (κ2) is 7.50. The number of nitrogens with zero attached hydrogens (tertiary/aromatic N) is 1. The SMILES string of the molecule is CCCOc1ccccc1Oc1cncc(CNC)c1. The number of benzene rings is 1. The van der Waals surface area contributed by atoms with Crippen molar-refractivity contribution in [2.24, 2.45) is 0 Å². The van der Waals surface area contributed by atoms with Crippen LogP contribution >= 0.6 is 0 Å². The lowest BCUT2D eigenvalue weighted by atomic mass is 10.2. The summed E-state index contributed by atoms with van der Waals surface area (Å²) < 4.78 is 11.6. The third-order valence-electron chi connectivity index (χ3n) is 2.69. The molecular formula is C16H20N2O2. The number of rotatable bonds is 7. The molecule has 0 aliphatic heterocycles. The zero-order valence-electron chi connectivity index (χ0n) is 11.9. The molecule has 0 radical (unpaired) electrons. The molecule has 20 heavy (non-hydrogen) atoms. The average molecular weight is 272 g/mol.